The largest absolute Gasteiger partial charge is 0.493 e. The Balaban J connectivity index is 1.21. The fourth-order valence-electron chi connectivity index (χ4n) is 4.83. The van der Waals surface area contributed by atoms with Crippen LogP contribution in [0.3, 0.4) is 0 Å². The molecule has 0 bridgehead atoms. The van der Waals surface area contributed by atoms with Gasteiger partial charge in [0.05, 0.1) is 38.1 Å². The number of carbonyl (C=O) groups is 2. The number of esters is 1. The number of amides is 1. The third-order valence-corrected chi connectivity index (χ3v) is 6.83. The molecular weight excluding hydrogens is 488 g/mol. The van der Waals surface area contributed by atoms with Crippen LogP contribution in [0, 0.1) is 12.8 Å². The van der Waals surface area contributed by atoms with Crippen LogP contribution >= 0.6 is 0 Å². The Hall–Kier alpha value is -3.30. The lowest BCUT2D eigenvalue weighted by molar-refractivity contribution is 0.0204. The van der Waals surface area contributed by atoms with Crippen molar-refractivity contribution >= 4 is 11.9 Å². The molecule has 1 fully saturated rings. The van der Waals surface area contributed by atoms with Crippen LogP contribution in [-0.4, -0.2) is 80.6 Å². The standard InChI is InChI=1S/C29H38N2O7/c1-3-35-29(34)22-8-4-5-9-25(22)36-13-6-11-31-12-10-21(24(32)19-31)18-30-28(33)23-16-20(2)17-26-27(23)38-15-7-14-37-26/h4-5,8-9,16-17,21,24,32H,3,6-7,10-15,18-19H2,1-2H3,(H,30,33)/t21-,24?/m0/s1. The molecule has 2 aromatic rings. The zero-order valence-corrected chi connectivity index (χ0v) is 22.2. The summed E-state index contributed by atoms with van der Waals surface area (Å²) in [5.41, 5.74) is 1.83. The van der Waals surface area contributed by atoms with Gasteiger partial charge in [-0.3, -0.25) is 4.79 Å². The first-order valence-electron chi connectivity index (χ1n) is 13.4. The minimum Gasteiger partial charge on any atom is -0.493 e. The molecule has 1 saturated heterocycles. The molecule has 0 aromatic heterocycles. The van der Waals surface area contributed by atoms with Crippen LogP contribution in [0.4, 0.5) is 0 Å². The molecule has 2 aromatic carbocycles. The Labute approximate surface area is 224 Å². The number of carbonyl (C=O) groups excluding carboxylic acids is 2. The van der Waals surface area contributed by atoms with Gasteiger partial charge < -0.3 is 34.3 Å². The van der Waals surface area contributed by atoms with E-state index in [4.69, 9.17) is 18.9 Å². The second kappa shape index (κ2) is 13.5. The van der Waals surface area contributed by atoms with Crippen LogP contribution in [-0.2, 0) is 4.74 Å². The average Bonchev–Trinajstić information content (AvgIpc) is 3.15. The minimum absolute atomic E-state index is 0.0245. The number of aryl methyl sites for hydroxylation is 1. The second-order valence-corrected chi connectivity index (χ2v) is 9.74. The maximum Gasteiger partial charge on any atom is 0.341 e. The second-order valence-electron chi connectivity index (χ2n) is 9.74. The molecule has 0 radical (unpaired) electrons. The molecular formula is C29H38N2O7. The highest BCUT2D eigenvalue weighted by Gasteiger charge is 2.29. The summed E-state index contributed by atoms with van der Waals surface area (Å²) in [5.74, 6) is 0.984. The van der Waals surface area contributed by atoms with Gasteiger partial charge >= 0.3 is 5.97 Å². The quantitative estimate of drug-likeness (QED) is 0.359. The summed E-state index contributed by atoms with van der Waals surface area (Å²) in [6.45, 7) is 8.07. The van der Waals surface area contributed by atoms with Gasteiger partial charge in [-0.1, -0.05) is 12.1 Å². The molecule has 2 N–H and O–H groups in total. The molecule has 0 spiro atoms. The van der Waals surface area contributed by atoms with Crippen molar-refractivity contribution in [3.8, 4) is 17.2 Å². The molecule has 1 amide bonds. The summed E-state index contributed by atoms with van der Waals surface area (Å²) >= 11 is 0. The third kappa shape index (κ3) is 7.17. The summed E-state index contributed by atoms with van der Waals surface area (Å²) in [4.78, 5) is 27.3. The van der Waals surface area contributed by atoms with Crippen LogP contribution in [0.25, 0.3) is 0 Å². The van der Waals surface area contributed by atoms with Gasteiger partial charge in [0, 0.05) is 32.0 Å². The topological polar surface area (TPSA) is 107 Å². The molecule has 0 saturated carbocycles. The van der Waals surface area contributed by atoms with Gasteiger partial charge in [-0.2, -0.15) is 0 Å². The van der Waals surface area contributed by atoms with Gasteiger partial charge in [-0.25, -0.2) is 4.79 Å². The van der Waals surface area contributed by atoms with Crippen molar-refractivity contribution in [2.45, 2.75) is 39.2 Å². The lowest BCUT2D eigenvalue weighted by Gasteiger charge is -2.36. The fourth-order valence-corrected chi connectivity index (χ4v) is 4.83. The van der Waals surface area contributed by atoms with Crippen LogP contribution in [0.5, 0.6) is 17.2 Å². The number of hydrogen-bond donors (Lipinski definition) is 2. The average molecular weight is 527 g/mol. The van der Waals surface area contributed by atoms with E-state index in [1.807, 2.05) is 25.1 Å². The van der Waals surface area contributed by atoms with Gasteiger partial charge in [0.25, 0.3) is 5.91 Å². The Bertz CT molecular complexity index is 1110. The van der Waals surface area contributed by atoms with Gasteiger partial charge in [0.15, 0.2) is 11.5 Å². The number of aliphatic hydroxyl groups is 1. The first-order chi connectivity index (χ1) is 18.5. The van der Waals surface area contributed by atoms with E-state index in [0.717, 1.165) is 37.9 Å². The number of likely N-dealkylation sites (tertiary alicyclic amines) is 1. The van der Waals surface area contributed by atoms with Gasteiger partial charge in [0.2, 0.25) is 0 Å². The van der Waals surface area contributed by atoms with Gasteiger partial charge in [-0.05, 0) is 63.1 Å². The Kier molecular flexibility index (Phi) is 9.84. The lowest BCUT2D eigenvalue weighted by atomic mass is 9.93. The Morgan fingerprint density at radius 1 is 1.16 bits per heavy atom. The monoisotopic (exact) mass is 526 g/mol. The molecule has 2 aliphatic heterocycles. The fraction of sp³-hybridized carbons (Fsp3) is 0.517. The van der Waals surface area contributed by atoms with E-state index in [1.165, 1.54) is 0 Å². The number of β-amino-alcohol motifs (C(OH)–C–C–N with tert-alkyl or cyclic N) is 1. The van der Waals surface area contributed by atoms with E-state index < -0.39 is 6.10 Å². The molecule has 206 valence electrons. The minimum atomic E-state index is -0.538. The highest BCUT2D eigenvalue weighted by atomic mass is 16.5. The normalized spacial score (nSPS) is 19.3. The zero-order valence-electron chi connectivity index (χ0n) is 22.2. The van der Waals surface area contributed by atoms with Crippen molar-refractivity contribution in [3.63, 3.8) is 0 Å². The number of hydrogen-bond acceptors (Lipinski definition) is 8. The van der Waals surface area contributed by atoms with Gasteiger partial charge in [-0.15, -0.1) is 0 Å². The maximum absolute atomic E-state index is 13.0. The summed E-state index contributed by atoms with van der Waals surface area (Å²) in [5, 5.41) is 13.8. The molecule has 38 heavy (non-hydrogen) atoms. The molecule has 2 atom stereocenters. The van der Waals surface area contributed by atoms with E-state index >= 15 is 0 Å². The molecule has 4 rings (SSSR count). The highest BCUT2D eigenvalue weighted by molar-refractivity contribution is 5.98. The highest BCUT2D eigenvalue weighted by Crippen LogP contribution is 2.35. The SMILES string of the molecule is CCOC(=O)c1ccccc1OCCCN1CC[C@@H](CNC(=O)c2cc(C)cc3c2OCCCO3)C(O)C1. The summed E-state index contributed by atoms with van der Waals surface area (Å²) in [6.07, 6.45) is 1.77. The van der Waals surface area contributed by atoms with Crippen molar-refractivity contribution in [2.24, 2.45) is 5.92 Å². The molecule has 0 aliphatic carbocycles. The van der Waals surface area contributed by atoms with Crippen molar-refractivity contribution in [2.75, 3.05) is 52.6 Å². The van der Waals surface area contributed by atoms with Crippen molar-refractivity contribution in [1.29, 1.82) is 0 Å². The first kappa shape index (κ1) is 27.7. The lowest BCUT2D eigenvalue weighted by Crippen LogP contribution is -2.48. The number of fused-ring (bicyclic) bond motifs is 1. The van der Waals surface area contributed by atoms with Crippen molar-refractivity contribution in [3.05, 3.63) is 53.1 Å². The Morgan fingerprint density at radius 3 is 2.79 bits per heavy atom. The summed E-state index contributed by atoms with van der Waals surface area (Å²) in [7, 11) is 0. The third-order valence-electron chi connectivity index (χ3n) is 6.83. The predicted molar refractivity (Wildman–Crippen MR) is 142 cm³/mol. The molecule has 2 heterocycles. The van der Waals surface area contributed by atoms with Crippen LogP contribution in [0.2, 0.25) is 0 Å². The molecule has 2 aliphatic rings. The smallest absolute Gasteiger partial charge is 0.341 e. The van der Waals surface area contributed by atoms with E-state index in [0.29, 0.717) is 67.9 Å². The number of piperidine rings is 1. The van der Waals surface area contributed by atoms with Crippen molar-refractivity contribution < 1.29 is 33.6 Å². The first-order valence-corrected chi connectivity index (χ1v) is 13.4. The molecule has 1 unspecified atom stereocenters. The van der Waals surface area contributed by atoms with E-state index in [1.54, 1.807) is 25.1 Å². The van der Waals surface area contributed by atoms with E-state index in [-0.39, 0.29) is 17.8 Å². The van der Waals surface area contributed by atoms with Crippen LogP contribution < -0.4 is 19.5 Å². The number of ether oxygens (including phenoxy) is 4. The van der Waals surface area contributed by atoms with E-state index in [2.05, 4.69) is 10.2 Å². The van der Waals surface area contributed by atoms with Crippen LogP contribution in [0.1, 0.15) is 52.5 Å². The maximum atomic E-state index is 13.0. The summed E-state index contributed by atoms with van der Waals surface area (Å²) in [6, 6.07) is 10.8. The van der Waals surface area contributed by atoms with Crippen molar-refractivity contribution in [1.82, 2.24) is 10.2 Å². The number of rotatable bonds is 10. The molecule has 9 nitrogen and oxygen atoms in total. The number of nitrogens with zero attached hydrogens (tertiary/aromatic N) is 1. The number of nitrogens with one attached hydrogen (secondary N) is 1. The predicted octanol–water partition coefficient (Wildman–Crippen LogP) is 3.21. The van der Waals surface area contributed by atoms with E-state index in [9.17, 15) is 14.7 Å². The summed E-state index contributed by atoms with van der Waals surface area (Å²) < 4.78 is 22.5. The molecule has 9 heteroatoms. The van der Waals surface area contributed by atoms with Gasteiger partial charge in [0.1, 0.15) is 11.3 Å². The number of benzene rings is 2. The van der Waals surface area contributed by atoms with Crippen LogP contribution in [0.15, 0.2) is 36.4 Å². The Morgan fingerprint density at radius 2 is 1.97 bits per heavy atom. The zero-order chi connectivity index (χ0) is 26.9. The number of aliphatic hydroxyl groups excluding tert-OH is 1. The number of para-hydroxylation sites is 1.